The molecule has 0 saturated heterocycles. The van der Waals surface area contributed by atoms with Crippen LogP contribution in [-0.2, 0) is 19.2 Å². The van der Waals surface area contributed by atoms with E-state index in [1.807, 2.05) is 0 Å². The average molecular weight is 317 g/mol. The van der Waals surface area contributed by atoms with Gasteiger partial charge in [0.15, 0.2) is 0 Å². The lowest BCUT2D eigenvalue weighted by Gasteiger charge is -2.21. The van der Waals surface area contributed by atoms with E-state index in [9.17, 15) is 19.2 Å². The maximum Gasteiger partial charge on any atom is 0.326 e. The number of carbonyl (C=O) groups excluding carboxylic acids is 2. The number of carbonyl (C=O) groups is 4. The lowest BCUT2D eigenvalue weighted by molar-refractivity contribution is -0.143. The fourth-order valence-corrected chi connectivity index (χ4v) is 1.76. The summed E-state index contributed by atoms with van der Waals surface area (Å²) in [6, 6.07) is -2.24. The molecule has 2 atom stereocenters. The molecule has 0 heterocycles. The van der Waals surface area contributed by atoms with Crippen LogP contribution in [0.25, 0.3) is 0 Å². The summed E-state index contributed by atoms with van der Waals surface area (Å²) in [4.78, 5) is 45.1. The molecule has 22 heavy (non-hydrogen) atoms. The molecule has 126 valence electrons. The maximum atomic E-state index is 12.1. The Morgan fingerprint density at radius 1 is 1.05 bits per heavy atom. The van der Waals surface area contributed by atoms with Crippen molar-refractivity contribution in [1.29, 1.82) is 0 Å². The van der Waals surface area contributed by atoms with Crippen LogP contribution in [-0.4, -0.2) is 52.6 Å². The van der Waals surface area contributed by atoms with Crippen molar-refractivity contribution in [3.63, 3.8) is 0 Å². The van der Waals surface area contributed by atoms with Crippen LogP contribution in [0.3, 0.4) is 0 Å². The van der Waals surface area contributed by atoms with E-state index < -0.39 is 35.8 Å². The Bertz CT molecular complexity index is 424. The van der Waals surface area contributed by atoms with Gasteiger partial charge >= 0.3 is 11.9 Å². The predicted octanol–water partition coefficient (Wildman–Crippen LogP) is -1.09. The van der Waals surface area contributed by atoms with Gasteiger partial charge in [-0.3, -0.25) is 14.4 Å². The van der Waals surface area contributed by atoms with E-state index in [0.29, 0.717) is 0 Å². The van der Waals surface area contributed by atoms with Crippen molar-refractivity contribution >= 4 is 23.8 Å². The Morgan fingerprint density at radius 2 is 1.64 bits per heavy atom. The number of carboxylic acid groups (broad SMARTS) is 2. The van der Waals surface area contributed by atoms with Crippen molar-refractivity contribution in [2.75, 3.05) is 6.54 Å². The van der Waals surface area contributed by atoms with Gasteiger partial charge in [0, 0.05) is 6.42 Å². The van der Waals surface area contributed by atoms with Crippen LogP contribution in [0.5, 0.6) is 0 Å². The number of aliphatic carboxylic acids is 2. The van der Waals surface area contributed by atoms with Crippen LogP contribution >= 0.6 is 0 Å². The Kier molecular flexibility index (Phi) is 8.76. The number of nitrogens with one attached hydrogen (secondary N) is 2. The number of carboxylic acids is 2. The average Bonchev–Trinajstić information content (AvgIpc) is 2.41. The number of nitrogens with two attached hydrogens (primary N) is 1. The lowest BCUT2D eigenvalue weighted by Crippen LogP contribution is -2.52. The van der Waals surface area contributed by atoms with Crippen LogP contribution in [0, 0.1) is 5.92 Å². The van der Waals surface area contributed by atoms with Gasteiger partial charge in [-0.25, -0.2) is 4.79 Å². The highest BCUT2D eigenvalue weighted by molar-refractivity contribution is 5.91. The Morgan fingerprint density at radius 3 is 2.05 bits per heavy atom. The molecular weight excluding hydrogens is 294 g/mol. The minimum absolute atomic E-state index is 0.0394. The topological polar surface area (TPSA) is 159 Å². The first kappa shape index (κ1) is 19.8. The third-order valence-corrected chi connectivity index (χ3v) is 2.81. The fourth-order valence-electron chi connectivity index (χ4n) is 1.76. The molecule has 2 amide bonds. The quantitative estimate of drug-likeness (QED) is 0.342. The lowest BCUT2D eigenvalue weighted by atomic mass is 10.0. The molecule has 0 rings (SSSR count). The third-order valence-electron chi connectivity index (χ3n) is 2.81. The van der Waals surface area contributed by atoms with Crippen molar-refractivity contribution in [1.82, 2.24) is 10.6 Å². The molecule has 0 saturated carbocycles. The zero-order chi connectivity index (χ0) is 17.3. The van der Waals surface area contributed by atoms with Crippen LogP contribution in [0.2, 0.25) is 0 Å². The molecule has 9 heteroatoms. The molecule has 0 aromatic heterocycles. The van der Waals surface area contributed by atoms with E-state index in [1.165, 1.54) is 0 Å². The first-order chi connectivity index (χ1) is 10.2. The van der Waals surface area contributed by atoms with Crippen LogP contribution in [0.4, 0.5) is 0 Å². The highest BCUT2D eigenvalue weighted by Gasteiger charge is 2.27. The van der Waals surface area contributed by atoms with Gasteiger partial charge in [0.25, 0.3) is 0 Å². The van der Waals surface area contributed by atoms with E-state index in [1.54, 1.807) is 13.8 Å². The smallest absolute Gasteiger partial charge is 0.326 e. The monoisotopic (exact) mass is 317 g/mol. The highest BCUT2D eigenvalue weighted by Crippen LogP contribution is 2.06. The van der Waals surface area contributed by atoms with Crippen LogP contribution in [0.1, 0.15) is 33.1 Å². The number of hydrogen-bond donors (Lipinski definition) is 5. The zero-order valence-electron chi connectivity index (χ0n) is 12.7. The fraction of sp³-hybridized carbons (Fsp3) is 0.692. The first-order valence-corrected chi connectivity index (χ1v) is 6.91. The zero-order valence-corrected chi connectivity index (χ0v) is 12.7. The molecule has 0 fully saturated rings. The predicted molar refractivity (Wildman–Crippen MR) is 76.9 cm³/mol. The highest BCUT2D eigenvalue weighted by atomic mass is 16.4. The van der Waals surface area contributed by atoms with Crippen molar-refractivity contribution in [3.8, 4) is 0 Å². The van der Waals surface area contributed by atoms with Gasteiger partial charge in [-0.05, 0) is 18.8 Å². The molecule has 0 radical (unpaired) electrons. The summed E-state index contributed by atoms with van der Waals surface area (Å²) < 4.78 is 0. The normalized spacial score (nSPS) is 13.3. The van der Waals surface area contributed by atoms with Gasteiger partial charge in [0.05, 0.1) is 6.54 Å². The summed E-state index contributed by atoms with van der Waals surface area (Å²) >= 11 is 0. The third kappa shape index (κ3) is 8.20. The summed E-state index contributed by atoms with van der Waals surface area (Å²) in [6.45, 7) is 3.26. The van der Waals surface area contributed by atoms with Crippen LogP contribution in [0.15, 0.2) is 0 Å². The van der Waals surface area contributed by atoms with E-state index in [2.05, 4.69) is 10.6 Å². The van der Waals surface area contributed by atoms with Gasteiger partial charge in [-0.1, -0.05) is 13.8 Å². The van der Waals surface area contributed by atoms with Gasteiger partial charge in [0.2, 0.25) is 11.8 Å². The Hall–Kier alpha value is -2.16. The molecule has 0 aromatic rings. The molecule has 0 aromatic carbocycles. The second-order valence-corrected chi connectivity index (χ2v) is 5.29. The van der Waals surface area contributed by atoms with E-state index in [4.69, 9.17) is 15.9 Å². The van der Waals surface area contributed by atoms with E-state index in [-0.39, 0.29) is 31.7 Å². The van der Waals surface area contributed by atoms with Crippen molar-refractivity contribution < 1.29 is 29.4 Å². The van der Waals surface area contributed by atoms with Crippen molar-refractivity contribution in [2.45, 2.75) is 45.2 Å². The maximum absolute atomic E-state index is 12.1. The van der Waals surface area contributed by atoms with E-state index in [0.717, 1.165) is 0 Å². The first-order valence-electron chi connectivity index (χ1n) is 6.91. The summed E-state index contributed by atoms with van der Waals surface area (Å²) in [6.07, 6.45) is -0.274. The molecule has 0 aliphatic carbocycles. The number of amides is 2. The van der Waals surface area contributed by atoms with Gasteiger partial charge in [0.1, 0.15) is 12.1 Å². The molecule has 0 bridgehead atoms. The summed E-state index contributed by atoms with van der Waals surface area (Å²) in [7, 11) is 0. The molecule has 9 nitrogen and oxygen atoms in total. The standard InChI is InChI=1S/C13H23N3O6/c1-7(2)5-9(13(21)22)16-12(20)8(3-4-11(18)19)15-10(17)6-14/h7-9H,3-6,14H2,1-2H3,(H,15,17)(H,16,20)(H,18,19)(H,21,22)/t8-,9+/m1/s1. The van der Waals surface area contributed by atoms with Crippen LogP contribution < -0.4 is 16.4 Å². The number of hydrogen-bond acceptors (Lipinski definition) is 5. The van der Waals surface area contributed by atoms with Gasteiger partial charge in [-0.2, -0.15) is 0 Å². The summed E-state index contributed by atoms with van der Waals surface area (Å²) in [5.41, 5.74) is 5.14. The second-order valence-electron chi connectivity index (χ2n) is 5.29. The summed E-state index contributed by atoms with van der Waals surface area (Å²) in [5.74, 6) is -3.64. The SMILES string of the molecule is CC(C)C[C@H](NC(=O)[C@@H](CCC(=O)O)NC(=O)CN)C(=O)O. The number of rotatable bonds is 10. The Labute approximate surface area is 128 Å². The molecule has 6 N–H and O–H groups in total. The summed E-state index contributed by atoms with van der Waals surface area (Å²) in [5, 5.41) is 22.3. The minimum atomic E-state index is -1.19. The largest absolute Gasteiger partial charge is 0.481 e. The molecule has 0 aliphatic rings. The van der Waals surface area contributed by atoms with E-state index >= 15 is 0 Å². The molecule has 0 spiro atoms. The minimum Gasteiger partial charge on any atom is -0.481 e. The second kappa shape index (κ2) is 9.72. The van der Waals surface area contributed by atoms with Crippen molar-refractivity contribution in [3.05, 3.63) is 0 Å². The molecule has 0 aliphatic heterocycles. The van der Waals surface area contributed by atoms with Gasteiger partial charge < -0.3 is 26.6 Å². The molecule has 0 unspecified atom stereocenters. The Balaban J connectivity index is 4.86. The van der Waals surface area contributed by atoms with Crippen molar-refractivity contribution in [2.24, 2.45) is 11.7 Å². The van der Waals surface area contributed by atoms with Gasteiger partial charge in [-0.15, -0.1) is 0 Å². The molecular formula is C13H23N3O6.